The molecule has 0 bridgehead atoms. The van der Waals surface area contributed by atoms with E-state index in [1.807, 2.05) is 0 Å². The number of hydrogen-bond acceptors (Lipinski definition) is 5. The van der Waals surface area contributed by atoms with Crippen LogP contribution in [0, 0.1) is 0 Å². The van der Waals surface area contributed by atoms with Gasteiger partial charge in [-0.15, -0.1) is 0 Å². The van der Waals surface area contributed by atoms with Crippen LogP contribution in [0.25, 0.3) is 0 Å². The molecular formula is C17H41ClN5P. The van der Waals surface area contributed by atoms with Crippen LogP contribution in [0.2, 0.25) is 0 Å². The second-order valence-corrected chi connectivity index (χ2v) is 12.3. The predicted octanol–water partition coefficient (Wildman–Crippen LogP) is 3.63. The summed E-state index contributed by atoms with van der Waals surface area (Å²) in [5.74, 6) is 0. The monoisotopic (exact) mass is 381 g/mol. The van der Waals surface area contributed by atoms with E-state index in [0.29, 0.717) is 0 Å². The Morgan fingerprint density at radius 2 is 0.958 bits per heavy atom. The molecule has 24 heavy (non-hydrogen) atoms. The number of hydrogen-bond donors (Lipinski definition) is 0. The van der Waals surface area contributed by atoms with Gasteiger partial charge in [-0.05, 0) is 0 Å². The minimum atomic E-state index is -3.05. The molecule has 0 unspecified atom stereocenters. The van der Waals surface area contributed by atoms with Crippen LogP contribution >= 0.6 is 17.8 Å². The first-order valence-corrected chi connectivity index (χ1v) is 12.8. The summed E-state index contributed by atoms with van der Waals surface area (Å²) in [5.41, 5.74) is 0. The van der Waals surface area contributed by atoms with Crippen molar-refractivity contribution < 1.29 is 0 Å². The summed E-state index contributed by atoms with van der Waals surface area (Å²) in [4.78, 5) is 2.42. The van der Waals surface area contributed by atoms with Gasteiger partial charge in [-0.3, -0.25) is 0 Å². The molecule has 1 fully saturated rings. The second kappa shape index (κ2) is 9.45. The molecule has 0 aromatic carbocycles. The summed E-state index contributed by atoms with van der Waals surface area (Å²) >= 11 is 8.04. The fraction of sp³-hybridized carbons (Fsp3) is 1.00. The van der Waals surface area contributed by atoms with Gasteiger partial charge in [0.15, 0.2) is 0 Å². The number of nitrogens with zero attached hydrogens (tertiary/aromatic N) is 5. The topological polar surface area (TPSA) is 16.2 Å². The fourth-order valence-electron chi connectivity index (χ4n) is 4.34. The van der Waals surface area contributed by atoms with Crippen LogP contribution in [0.3, 0.4) is 0 Å². The molecule has 0 saturated carbocycles. The number of rotatable bonds is 10. The average molecular weight is 382 g/mol. The first-order valence-electron chi connectivity index (χ1n) is 9.82. The van der Waals surface area contributed by atoms with Gasteiger partial charge in [0.2, 0.25) is 0 Å². The fourth-order valence-corrected chi connectivity index (χ4v) is 12.7. The van der Waals surface area contributed by atoms with E-state index in [1.165, 1.54) is 0 Å². The molecule has 0 N–H and O–H groups in total. The van der Waals surface area contributed by atoms with Gasteiger partial charge in [0, 0.05) is 0 Å². The summed E-state index contributed by atoms with van der Waals surface area (Å²) in [6.45, 7) is 20.7. The third kappa shape index (κ3) is 3.51. The Hall–Kier alpha value is 0.520. The molecule has 1 aliphatic heterocycles. The van der Waals surface area contributed by atoms with Crippen LogP contribution in [0.1, 0.15) is 41.5 Å². The van der Waals surface area contributed by atoms with Crippen molar-refractivity contribution in [1.29, 1.82) is 0 Å². The Morgan fingerprint density at radius 3 is 1.21 bits per heavy atom. The van der Waals surface area contributed by atoms with Crippen LogP contribution in [-0.2, 0) is 0 Å². The molecule has 7 heteroatoms. The zero-order chi connectivity index (χ0) is 18.4. The van der Waals surface area contributed by atoms with Gasteiger partial charge in [0.05, 0.1) is 0 Å². The molecule has 0 spiro atoms. The molecular weight excluding hydrogens is 341 g/mol. The molecule has 1 aliphatic rings. The normalized spacial score (nSPS) is 20.0. The van der Waals surface area contributed by atoms with Crippen molar-refractivity contribution in [3.63, 3.8) is 0 Å². The van der Waals surface area contributed by atoms with Gasteiger partial charge in [-0.2, -0.15) is 0 Å². The quantitative estimate of drug-likeness (QED) is 0.535. The molecule has 1 saturated heterocycles. The summed E-state index contributed by atoms with van der Waals surface area (Å²) in [7, 11) is 2.22. The van der Waals surface area contributed by atoms with Crippen molar-refractivity contribution in [2.75, 3.05) is 72.5 Å². The summed E-state index contributed by atoms with van der Waals surface area (Å²) in [6, 6.07) is 0. The van der Waals surface area contributed by atoms with Crippen LogP contribution < -0.4 is 0 Å². The maximum atomic E-state index is 8.04. The maximum absolute atomic E-state index is 8.04. The van der Waals surface area contributed by atoms with Crippen LogP contribution in [0.15, 0.2) is 0 Å². The Kier molecular flexibility index (Phi) is 8.89. The van der Waals surface area contributed by atoms with Crippen molar-refractivity contribution >= 4 is 17.8 Å². The van der Waals surface area contributed by atoms with Crippen molar-refractivity contribution in [3.8, 4) is 0 Å². The third-order valence-electron chi connectivity index (χ3n) is 5.62. The number of likely N-dealkylation sites (N-methyl/N-ethyl adjacent to an activating group) is 1. The van der Waals surface area contributed by atoms with Crippen molar-refractivity contribution in [2.24, 2.45) is 0 Å². The van der Waals surface area contributed by atoms with Crippen molar-refractivity contribution in [3.05, 3.63) is 0 Å². The molecule has 0 atom stereocenters. The first kappa shape index (κ1) is 22.6. The van der Waals surface area contributed by atoms with E-state index < -0.39 is 6.56 Å². The Bertz CT molecular complexity index is 330. The Morgan fingerprint density at radius 1 is 0.667 bits per heavy atom. The van der Waals surface area contributed by atoms with Crippen LogP contribution in [0.5, 0.6) is 0 Å². The van der Waals surface area contributed by atoms with Gasteiger partial charge < -0.3 is 0 Å². The van der Waals surface area contributed by atoms with E-state index in [2.05, 4.69) is 72.2 Å². The van der Waals surface area contributed by atoms with E-state index in [1.54, 1.807) is 0 Å². The van der Waals surface area contributed by atoms with Gasteiger partial charge in [0.1, 0.15) is 0 Å². The van der Waals surface area contributed by atoms with Crippen molar-refractivity contribution in [1.82, 2.24) is 23.6 Å². The van der Waals surface area contributed by atoms with E-state index in [-0.39, 0.29) is 0 Å². The number of halogens is 1. The Labute approximate surface area is 155 Å². The summed E-state index contributed by atoms with van der Waals surface area (Å²) in [5, 5.41) is 0. The standard InChI is InChI=1S/C17H41ClN5P/c1-8-20(9-2)24(18,21(10-3)11-4,22(12-5)13-6)23-16-14-19(7)15-17-23/h8-17H2,1-7H3. The van der Waals surface area contributed by atoms with Gasteiger partial charge >= 0.3 is 155 Å². The third-order valence-corrected chi connectivity index (χ3v) is 14.2. The van der Waals surface area contributed by atoms with E-state index in [9.17, 15) is 0 Å². The molecule has 0 radical (unpaired) electrons. The SMILES string of the molecule is CCN(CC)P(Cl)(N(CC)CC)(N(CC)CC)N1CCN(C)CC1. The Balaban J connectivity index is 3.59. The van der Waals surface area contributed by atoms with E-state index in [4.69, 9.17) is 11.2 Å². The van der Waals surface area contributed by atoms with Gasteiger partial charge in [-0.25, -0.2) is 0 Å². The molecule has 1 rings (SSSR count). The summed E-state index contributed by atoms with van der Waals surface area (Å²) < 4.78 is 10.4. The van der Waals surface area contributed by atoms with Crippen molar-refractivity contribution in [2.45, 2.75) is 41.5 Å². The molecule has 1 heterocycles. The van der Waals surface area contributed by atoms with Crippen LogP contribution in [0.4, 0.5) is 0 Å². The molecule has 0 aliphatic carbocycles. The summed E-state index contributed by atoms with van der Waals surface area (Å²) in [6.07, 6.45) is 0. The molecule has 0 amide bonds. The first-order chi connectivity index (χ1) is 11.4. The second-order valence-electron chi connectivity index (χ2n) is 6.51. The van der Waals surface area contributed by atoms with Crippen LogP contribution in [-0.4, -0.2) is 96.1 Å². The molecule has 0 aromatic rings. The van der Waals surface area contributed by atoms with E-state index >= 15 is 0 Å². The number of piperazine rings is 1. The molecule has 146 valence electrons. The van der Waals surface area contributed by atoms with Gasteiger partial charge in [0.25, 0.3) is 0 Å². The predicted molar refractivity (Wildman–Crippen MR) is 111 cm³/mol. The average Bonchev–Trinajstić information content (AvgIpc) is 2.58. The zero-order valence-corrected chi connectivity index (χ0v) is 18.8. The molecule has 5 nitrogen and oxygen atoms in total. The molecule has 0 aromatic heterocycles. The van der Waals surface area contributed by atoms with Gasteiger partial charge in [-0.1, -0.05) is 0 Å². The van der Waals surface area contributed by atoms with E-state index in [0.717, 1.165) is 65.4 Å². The minimum absolute atomic E-state index is 0.983. The zero-order valence-electron chi connectivity index (χ0n) is 17.1.